The first-order valence-corrected chi connectivity index (χ1v) is 11.7. The molecule has 9 heteroatoms. The largest absolute Gasteiger partial charge is 0.396 e. The molecule has 1 fully saturated rings. The fourth-order valence-corrected chi connectivity index (χ4v) is 4.18. The molecule has 31 heavy (non-hydrogen) atoms. The van der Waals surface area contributed by atoms with Crippen molar-refractivity contribution in [3.63, 3.8) is 0 Å². The van der Waals surface area contributed by atoms with Crippen molar-refractivity contribution in [2.24, 2.45) is 11.3 Å². The van der Waals surface area contributed by atoms with E-state index in [1.54, 1.807) is 10.9 Å². The van der Waals surface area contributed by atoms with E-state index in [4.69, 9.17) is 10.3 Å². The Labute approximate surface area is 181 Å². The molecule has 8 nitrogen and oxygen atoms in total. The summed E-state index contributed by atoms with van der Waals surface area (Å²) in [6, 6.07) is 5.49. The van der Waals surface area contributed by atoms with E-state index in [0.29, 0.717) is 5.52 Å². The fourth-order valence-electron chi connectivity index (χ4n) is 3.33. The predicted octanol–water partition coefficient (Wildman–Crippen LogP) is 1.11. The van der Waals surface area contributed by atoms with Gasteiger partial charge in [-0.05, 0) is 62.6 Å². The maximum Gasteiger partial charge on any atom is 0.264 e. The lowest BCUT2D eigenvalue weighted by atomic mass is 10.1. The molecule has 1 aromatic heterocycles. The number of nitrogens with one attached hydrogen (secondary N) is 1. The molecule has 0 bridgehead atoms. The second-order valence-electron chi connectivity index (χ2n) is 8.36. The summed E-state index contributed by atoms with van der Waals surface area (Å²) in [7, 11) is -3.77. The molecule has 1 aliphatic rings. The summed E-state index contributed by atoms with van der Waals surface area (Å²) in [5.74, 6) is 11.1. The van der Waals surface area contributed by atoms with Gasteiger partial charge in [0.25, 0.3) is 5.91 Å². The maximum atomic E-state index is 12.1. The molecule has 1 amide bonds. The van der Waals surface area contributed by atoms with Gasteiger partial charge in [-0.15, -0.1) is 0 Å². The Balaban J connectivity index is 1.74. The first kappa shape index (κ1) is 22.8. The van der Waals surface area contributed by atoms with Crippen molar-refractivity contribution in [1.82, 2.24) is 15.3 Å². The van der Waals surface area contributed by atoms with E-state index in [-0.39, 0.29) is 30.9 Å². The average molecular weight is 444 g/mol. The molecule has 3 rings (SSSR count). The van der Waals surface area contributed by atoms with Gasteiger partial charge < -0.3 is 5.11 Å². The van der Waals surface area contributed by atoms with Gasteiger partial charge in [-0.25, -0.2) is 13.9 Å². The van der Waals surface area contributed by atoms with Gasteiger partial charge in [0.15, 0.2) is 14.6 Å². The minimum atomic E-state index is -3.77. The number of hydrogen-bond donors (Lipinski definition) is 3. The van der Waals surface area contributed by atoms with Crippen LogP contribution in [0.25, 0.3) is 10.9 Å². The number of hydrogen-bond acceptors (Lipinski definition) is 6. The van der Waals surface area contributed by atoms with Gasteiger partial charge in [-0.1, -0.05) is 11.8 Å². The van der Waals surface area contributed by atoms with Crippen molar-refractivity contribution in [3.05, 3.63) is 30.0 Å². The number of aromatic nitrogens is 2. The molecule has 0 spiro atoms. The second-order valence-corrected chi connectivity index (χ2v) is 10.8. The Morgan fingerprint density at radius 1 is 1.42 bits per heavy atom. The van der Waals surface area contributed by atoms with Crippen LogP contribution in [-0.4, -0.2) is 52.0 Å². The SMILES string of the molecule is C[C@@]1(C#CC#Cc2ccc3nn(CC[C@](C)(C(=O)NO)S(C)(=O)=O)cc3c2)C[C@H]1CO. The van der Waals surface area contributed by atoms with Crippen molar-refractivity contribution in [3.8, 4) is 23.7 Å². The summed E-state index contributed by atoms with van der Waals surface area (Å²) in [6.07, 6.45) is 3.55. The van der Waals surface area contributed by atoms with Gasteiger partial charge in [0, 0.05) is 42.0 Å². The molecule has 3 N–H and O–H groups in total. The average Bonchev–Trinajstić information content (AvgIpc) is 3.20. The molecule has 2 aromatic rings. The molecule has 1 saturated carbocycles. The minimum Gasteiger partial charge on any atom is -0.396 e. The number of aliphatic hydroxyl groups is 1. The number of aliphatic hydroxyl groups excluding tert-OH is 1. The van der Waals surface area contributed by atoms with E-state index < -0.39 is 20.5 Å². The van der Waals surface area contributed by atoms with Crippen LogP contribution in [0.1, 0.15) is 32.3 Å². The molecule has 1 aromatic carbocycles. The van der Waals surface area contributed by atoms with Gasteiger partial charge in [-0.2, -0.15) is 5.10 Å². The summed E-state index contributed by atoms with van der Waals surface area (Å²) in [5.41, 5.74) is 2.78. The van der Waals surface area contributed by atoms with Crippen LogP contribution in [0.2, 0.25) is 0 Å². The number of aryl methyl sites for hydroxylation is 1. The van der Waals surface area contributed by atoms with E-state index in [9.17, 15) is 13.2 Å². The van der Waals surface area contributed by atoms with Crippen LogP contribution in [0.4, 0.5) is 0 Å². The number of sulfone groups is 1. The zero-order chi connectivity index (χ0) is 22.9. The fraction of sp³-hybridized carbons (Fsp3) is 0.455. The van der Waals surface area contributed by atoms with Crippen LogP contribution < -0.4 is 5.48 Å². The van der Waals surface area contributed by atoms with Gasteiger partial charge in [0.1, 0.15) is 0 Å². The van der Waals surface area contributed by atoms with Crippen molar-refractivity contribution in [2.75, 3.05) is 12.9 Å². The molecule has 3 atom stereocenters. The number of fused-ring (bicyclic) bond motifs is 1. The Morgan fingerprint density at radius 2 is 2.16 bits per heavy atom. The second kappa shape index (κ2) is 8.35. The number of rotatable bonds is 6. The third kappa shape index (κ3) is 4.75. The molecule has 1 heterocycles. The molecule has 0 radical (unpaired) electrons. The van der Waals surface area contributed by atoms with E-state index in [1.807, 2.05) is 25.1 Å². The van der Waals surface area contributed by atoms with Gasteiger partial charge in [0.2, 0.25) is 0 Å². The molecule has 0 unspecified atom stereocenters. The highest BCUT2D eigenvalue weighted by Gasteiger charge is 2.48. The quantitative estimate of drug-likeness (QED) is 0.349. The van der Waals surface area contributed by atoms with Crippen molar-refractivity contribution < 1.29 is 23.5 Å². The normalized spacial score (nSPS) is 21.9. The number of hydroxylamine groups is 1. The van der Waals surface area contributed by atoms with Crippen molar-refractivity contribution in [2.45, 2.75) is 38.0 Å². The van der Waals surface area contributed by atoms with E-state index in [0.717, 1.165) is 23.6 Å². The van der Waals surface area contributed by atoms with E-state index >= 15 is 0 Å². The number of benzene rings is 1. The predicted molar refractivity (Wildman–Crippen MR) is 115 cm³/mol. The topological polar surface area (TPSA) is 122 Å². The highest BCUT2D eigenvalue weighted by atomic mass is 32.2. The van der Waals surface area contributed by atoms with Crippen molar-refractivity contribution in [1.29, 1.82) is 0 Å². The summed E-state index contributed by atoms with van der Waals surface area (Å²) < 4.78 is 23.9. The lowest BCUT2D eigenvalue weighted by molar-refractivity contribution is -0.131. The summed E-state index contributed by atoms with van der Waals surface area (Å²) >= 11 is 0. The summed E-state index contributed by atoms with van der Waals surface area (Å²) in [5, 5.41) is 23.3. The summed E-state index contributed by atoms with van der Waals surface area (Å²) in [4.78, 5) is 11.9. The number of carbonyl (C=O) groups excluding carboxylic acids is 1. The molecule has 0 saturated heterocycles. The van der Waals surface area contributed by atoms with Crippen LogP contribution in [0.5, 0.6) is 0 Å². The lowest BCUT2D eigenvalue weighted by Crippen LogP contribution is -2.49. The molecule has 164 valence electrons. The highest BCUT2D eigenvalue weighted by molar-refractivity contribution is 7.92. The van der Waals surface area contributed by atoms with Gasteiger partial charge in [-0.3, -0.25) is 14.7 Å². The van der Waals surface area contributed by atoms with Crippen LogP contribution in [-0.2, 0) is 21.2 Å². The molecule has 0 aliphatic heterocycles. The Kier molecular flexibility index (Phi) is 6.15. The maximum absolute atomic E-state index is 12.1. The summed E-state index contributed by atoms with van der Waals surface area (Å²) in [6.45, 7) is 3.61. The van der Waals surface area contributed by atoms with Crippen LogP contribution in [0, 0.1) is 35.0 Å². The van der Waals surface area contributed by atoms with Crippen LogP contribution >= 0.6 is 0 Å². The van der Waals surface area contributed by atoms with E-state index in [1.165, 1.54) is 12.4 Å². The third-order valence-corrected chi connectivity index (χ3v) is 8.05. The Bertz CT molecular complexity index is 1240. The minimum absolute atomic E-state index is 0.0535. The Morgan fingerprint density at radius 3 is 2.77 bits per heavy atom. The monoisotopic (exact) mass is 443 g/mol. The number of amides is 1. The first-order chi connectivity index (χ1) is 14.5. The number of nitrogens with zero attached hydrogens (tertiary/aromatic N) is 2. The van der Waals surface area contributed by atoms with Gasteiger partial charge >= 0.3 is 0 Å². The van der Waals surface area contributed by atoms with Gasteiger partial charge in [0.05, 0.1) is 5.52 Å². The Hall–Kier alpha value is -2.85. The zero-order valence-corrected chi connectivity index (χ0v) is 18.5. The molecule has 1 aliphatic carbocycles. The zero-order valence-electron chi connectivity index (χ0n) is 17.6. The number of carbonyl (C=O) groups is 1. The first-order valence-electron chi connectivity index (χ1n) is 9.78. The van der Waals surface area contributed by atoms with Crippen LogP contribution in [0.15, 0.2) is 24.4 Å². The lowest BCUT2D eigenvalue weighted by Gasteiger charge is -2.24. The highest BCUT2D eigenvalue weighted by Crippen LogP contribution is 2.51. The smallest absolute Gasteiger partial charge is 0.264 e. The van der Waals surface area contributed by atoms with E-state index in [2.05, 4.69) is 28.8 Å². The van der Waals surface area contributed by atoms with Crippen LogP contribution in [0.3, 0.4) is 0 Å². The molecular formula is C22H25N3O5S. The third-order valence-electron chi connectivity index (χ3n) is 6.02. The standard InChI is InChI=1S/C22H25N3O5S/c1-21(13-18(21)15-26)9-5-4-6-16-7-8-19-17(12-16)14-25(23-19)11-10-22(2,20(27)24-28)31(3,29)30/h7-8,12,14,18,26,28H,10-11,13,15H2,1-3H3,(H,24,27)/t18-,21+,22+/m0/s1. The molecular weight excluding hydrogens is 418 g/mol. The van der Waals surface area contributed by atoms with Crippen molar-refractivity contribution >= 4 is 26.6 Å².